The van der Waals surface area contributed by atoms with Crippen molar-refractivity contribution in [3.8, 4) is 0 Å². The smallest absolute Gasteiger partial charge is 0.387 e. The van der Waals surface area contributed by atoms with Gasteiger partial charge in [-0.15, -0.1) is 0 Å². The van der Waals surface area contributed by atoms with Crippen LogP contribution in [-0.4, -0.2) is 57.5 Å². The number of amides is 3. The Labute approximate surface area is 211 Å². The lowest BCUT2D eigenvalue weighted by Crippen LogP contribution is -2.34. The molecule has 1 aliphatic rings. The molecular formula is C25H28F3N5O4. The molecular weight excluding hydrogens is 491 g/mol. The van der Waals surface area contributed by atoms with E-state index >= 15 is 0 Å². The Kier molecular flexibility index (Phi) is 8.87. The van der Waals surface area contributed by atoms with Gasteiger partial charge in [-0.05, 0) is 49.2 Å². The Morgan fingerprint density at radius 1 is 1.11 bits per heavy atom. The van der Waals surface area contributed by atoms with Crippen molar-refractivity contribution in [1.29, 1.82) is 0 Å². The lowest BCUT2D eigenvalue weighted by atomic mass is 10.0. The number of aliphatic hydroxyl groups excluding tert-OH is 1. The first-order chi connectivity index (χ1) is 17.7. The second kappa shape index (κ2) is 11.9. The molecule has 0 aliphatic carbocycles. The topological polar surface area (TPSA) is 117 Å². The number of nitrogens with one attached hydrogen (secondary N) is 2. The monoisotopic (exact) mass is 519 g/mol. The van der Waals surface area contributed by atoms with Crippen LogP contribution in [0.15, 0.2) is 42.5 Å². The highest BCUT2D eigenvalue weighted by Gasteiger charge is 2.31. The molecule has 9 nitrogen and oxygen atoms in total. The zero-order valence-electron chi connectivity index (χ0n) is 20.4. The summed E-state index contributed by atoms with van der Waals surface area (Å²) in [7, 11) is 0. The van der Waals surface area contributed by atoms with Gasteiger partial charge in [0.1, 0.15) is 6.61 Å². The van der Waals surface area contributed by atoms with E-state index in [1.54, 1.807) is 27.7 Å². The number of halogens is 3. The van der Waals surface area contributed by atoms with Crippen LogP contribution in [0.5, 0.6) is 0 Å². The van der Waals surface area contributed by atoms with Crippen LogP contribution in [0, 0.1) is 0 Å². The normalized spacial score (nSPS) is 14.1. The standard InChI is InChI=1S/C23H22F3N5O4.C2H6/c24-23(25,26)15-3-1-2-14(10-15)21(35)29-22-28-18-11-16(27-20(34)12-32)4-5-19(18)31(22)17-6-8-30(13-33)9-7-17;1-2/h1-5,10-11,13,17,32H,6-9,12H2,(H,27,34)(H,28,29,35);1-2H3. The van der Waals surface area contributed by atoms with Gasteiger partial charge in [-0.25, -0.2) is 4.98 Å². The fourth-order valence-electron chi connectivity index (χ4n) is 4.09. The molecule has 3 aromatic rings. The van der Waals surface area contributed by atoms with Crippen molar-refractivity contribution in [2.45, 2.75) is 38.9 Å². The molecule has 0 atom stereocenters. The van der Waals surface area contributed by atoms with Gasteiger partial charge in [0.05, 0.1) is 16.6 Å². The van der Waals surface area contributed by atoms with Gasteiger partial charge in [0.15, 0.2) is 0 Å². The predicted octanol–water partition coefficient (Wildman–Crippen LogP) is 4.06. The number of piperidine rings is 1. The average Bonchev–Trinajstić information content (AvgIpc) is 3.26. The molecule has 37 heavy (non-hydrogen) atoms. The number of rotatable bonds is 6. The number of carbonyl (C=O) groups excluding carboxylic acids is 3. The van der Waals surface area contributed by atoms with E-state index in [-0.39, 0.29) is 17.6 Å². The summed E-state index contributed by atoms with van der Waals surface area (Å²) >= 11 is 0. The van der Waals surface area contributed by atoms with E-state index in [1.807, 2.05) is 13.8 Å². The van der Waals surface area contributed by atoms with E-state index in [9.17, 15) is 27.6 Å². The lowest BCUT2D eigenvalue weighted by Gasteiger charge is -2.31. The molecule has 3 amide bonds. The fourth-order valence-corrected chi connectivity index (χ4v) is 4.09. The summed E-state index contributed by atoms with van der Waals surface area (Å²) in [6.07, 6.45) is -2.65. The zero-order valence-corrected chi connectivity index (χ0v) is 20.4. The van der Waals surface area contributed by atoms with E-state index in [0.29, 0.717) is 42.7 Å². The maximum atomic E-state index is 13.1. The van der Waals surface area contributed by atoms with Crippen LogP contribution in [-0.2, 0) is 15.8 Å². The van der Waals surface area contributed by atoms with Crippen molar-refractivity contribution in [2.24, 2.45) is 0 Å². The van der Waals surface area contributed by atoms with E-state index in [0.717, 1.165) is 24.6 Å². The minimum Gasteiger partial charge on any atom is -0.387 e. The van der Waals surface area contributed by atoms with Crippen molar-refractivity contribution in [1.82, 2.24) is 14.5 Å². The molecule has 1 aromatic heterocycles. The molecule has 12 heteroatoms. The van der Waals surface area contributed by atoms with Gasteiger partial charge < -0.3 is 19.9 Å². The number of aliphatic hydroxyl groups is 1. The van der Waals surface area contributed by atoms with Gasteiger partial charge in [0, 0.05) is 30.4 Å². The van der Waals surface area contributed by atoms with E-state index in [2.05, 4.69) is 15.6 Å². The number of hydrogen-bond donors (Lipinski definition) is 3. The summed E-state index contributed by atoms with van der Waals surface area (Å²) in [4.78, 5) is 41.6. The van der Waals surface area contributed by atoms with E-state index < -0.39 is 30.2 Å². The zero-order chi connectivity index (χ0) is 27.2. The Morgan fingerprint density at radius 3 is 2.43 bits per heavy atom. The van der Waals surface area contributed by atoms with Gasteiger partial charge in [-0.2, -0.15) is 13.2 Å². The van der Waals surface area contributed by atoms with Gasteiger partial charge in [0.25, 0.3) is 5.91 Å². The lowest BCUT2D eigenvalue weighted by molar-refractivity contribution is -0.137. The number of nitrogens with zero attached hydrogens (tertiary/aromatic N) is 3. The second-order valence-electron chi connectivity index (χ2n) is 8.12. The molecule has 1 saturated heterocycles. The highest BCUT2D eigenvalue weighted by Crippen LogP contribution is 2.33. The summed E-state index contributed by atoms with van der Waals surface area (Å²) in [5, 5.41) is 14.1. The number of aromatic nitrogens is 2. The first kappa shape index (κ1) is 27.7. The van der Waals surface area contributed by atoms with Crippen molar-refractivity contribution in [2.75, 3.05) is 30.3 Å². The summed E-state index contributed by atoms with van der Waals surface area (Å²) < 4.78 is 41.1. The van der Waals surface area contributed by atoms with Crippen molar-refractivity contribution >= 4 is 40.9 Å². The fraction of sp³-hybridized carbons (Fsp3) is 0.360. The highest BCUT2D eigenvalue weighted by atomic mass is 19.4. The maximum absolute atomic E-state index is 13.1. The van der Waals surface area contributed by atoms with Crippen molar-refractivity contribution in [3.63, 3.8) is 0 Å². The molecule has 1 fully saturated rings. The number of carbonyl (C=O) groups is 3. The Bertz CT molecular complexity index is 1270. The number of benzene rings is 2. The van der Waals surface area contributed by atoms with Crippen LogP contribution < -0.4 is 10.6 Å². The van der Waals surface area contributed by atoms with Crippen LogP contribution in [0.4, 0.5) is 24.8 Å². The summed E-state index contributed by atoms with van der Waals surface area (Å²) in [5.41, 5.74) is 0.329. The minimum atomic E-state index is -4.59. The van der Waals surface area contributed by atoms with Gasteiger partial charge >= 0.3 is 6.18 Å². The SMILES string of the molecule is CC.O=CN1CCC(n2c(NC(=O)c3cccc(C(F)(F)F)c3)nc3cc(NC(=O)CO)ccc32)CC1. The number of anilines is 2. The molecule has 0 radical (unpaired) electrons. The summed E-state index contributed by atoms with van der Waals surface area (Å²) in [5.74, 6) is -1.23. The van der Waals surface area contributed by atoms with Crippen LogP contribution in [0.3, 0.4) is 0 Å². The number of alkyl halides is 3. The first-order valence-electron chi connectivity index (χ1n) is 11.8. The van der Waals surface area contributed by atoms with Crippen LogP contribution in [0.2, 0.25) is 0 Å². The third-order valence-corrected chi connectivity index (χ3v) is 5.81. The molecule has 2 aromatic carbocycles. The van der Waals surface area contributed by atoms with Crippen LogP contribution in [0.25, 0.3) is 11.0 Å². The molecule has 0 unspecified atom stereocenters. The third-order valence-electron chi connectivity index (χ3n) is 5.81. The summed E-state index contributed by atoms with van der Waals surface area (Å²) in [6, 6.07) is 8.84. The van der Waals surface area contributed by atoms with E-state index in [4.69, 9.17) is 5.11 Å². The van der Waals surface area contributed by atoms with Crippen molar-refractivity contribution < 1.29 is 32.7 Å². The predicted molar refractivity (Wildman–Crippen MR) is 132 cm³/mol. The summed E-state index contributed by atoms with van der Waals surface area (Å²) in [6.45, 7) is 4.30. The number of likely N-dealkylation sites (tertiary alicyclic amines) is 1. The average molecular weight is 520 g/mol. The largest absolute Gasteiger partial charge is 0.416 e. The number of hydrogen-bond acceptors (Lipinski definition) is 5. The molecule has 198 valence electrons. The van der Waals surface area contributed by atoms with Crippen LogP contribution >= 0.6 is 0 Å². The molecule has 2 heterocycles. The third kappa shape index (κ3) is 6.45. The van der Waals surface area contributed by atoms with Gasteiger partial charge in [0.2, 0.25) is 18.3 Å². The maximum Gasteiger partial charge on any atom is 0.416 e. The molecule has 0 spiro atoms. The first-order valence-corrected chi connectivity index (χ1v) is 11.8. The quantitative estimate of drug-likeness (QED) is 0.425. The molecule has 4 rings (SSSR count). The second-order valence-corrected chi connectivity index (χ2v) is 8.12. The number of imidazole rings is 1. The molecule has 3 N–H and O–H groups in total. The Hall–Kier alpha value is -3.93. The van der Waals surface area contributed by atoms with Crippen molar-refractivity contribution in [3.05, 3.63) is 53.6 Å². The molecule has 0 saturated carbocycles. The number of fused-ring (bicyclic) bond motifs is 1. The minimum absolute atomic E-state index is 0.133. The molecule has 1 aliphatic heterocycles. The Balaban J connectivity index is 0.00000186. The van der Waals surface area contributed by atoms with Gasteiger partial charge in [-0.3, -0.25) is 19.7 Å². The Morgan fingerprint density at radius 2 is 1.81 bits per heavy atom. The van der Waals surface area contributed by atoms with E-state index in [1.165, 1.54) is 6.07 Å². The van der Waals surface area contributed by atoms with Crippen LogP contribution in [0.1, 0.15) is 48.7 Å². The van der Waals surface area contributed by atoms with Gasteiger partial charge in [-0.1, -0.05) is 19.9 Å². The highest BCUT2D eigenvalue weighted by molar-refractivity contribution is 6.04. The molecule has 0 bridgehead atoms.